The van der Waals surface area contributed by atoms with E-state index >= 15 is 0 Å². The molecule has 1 saturated carbocycles. The van der Waals surface area contributed by atoms with Crippen LogP contribution in [0.3, 0.4) is 0 Å². The lowest BCUT2D eigenvalue weighted by atomic mass is 9.82. The van der Waals surface area contributed by atoms with Crippen molar-refractivity contribution in [2.45, 2.75) is 32.1 Å². The van der Waals surface area contributed by atoms with E-state index in [1.54, 1.807) is 0 Å². The van der Waals surface area contributed by atoms with Gasteiger partial charge in [-0.25, -0.2) is 0 Å². The molecule has 0 aliphatic heterocycles. The number of rotatable bonds is 3. The molecule has 0 radical (unpaired) electrons. The van der Waals surface area contributed by atoms with Gasteiger partial charge in [0.05, 0.1) is 6.07 Å². The fourth-order valence-corrected chi connectivity index (χ4v) is 1.87. The zero-order chi connectivity index (χ0) is 9.03. The third-order valence-corrected chi connectivity index (χ3v) is 2.76. The van der Waals surface area contributed by atoms with Gasteiger partial charge in [-0.3, -0.25) is 4.79 Å². The first-order valence-corrected chi connectivity index (χ1v) is 4.79. The standard InChI is InChI=1S/C9H12ClNO/c10-6-2-5-9(7-11)4-1-3-8(9)12/h1-6H2. The number of ketones is 1. The summed E-state index contributed by atoms with van der Waals surface area (Å²) in [7, 11) is 0. The van der Waals surface area contributed by atoms with Gasteiger partial charge in [-0.05, 0) is 25.7 Å². The van der Waals surface area contributed by atoms with E-state index in [-0.39, 0.29) is 5.78 Å². The highest BCUT2D eigenvalue weighted by molar-refractivity contribution is 6.17. The van der Waals surface area contributed by atoms with Gasteiger partial charge >= 0.3 is 0 Å². The molecule has 3 heteroatoms. The van der Waals surface area contributed by atoms with E-state index in [4.69, 9.17) is 16.9 Å². The van der Waals surface area contributed by atoms with Crippen LogP contribution in [0.15, 0.2) is 0 Å². The highest BCUT2D eigenvalue weighted by Gasteiger charge is 2.41. The second kappa shape index (κ2) is 3.91. The Labute approximate surface area is 77.5 Å². The van der Waals surface area contributed by atoms with Crippen molar-refractivity contribution in [3.8, 4) is 6.07 Å². The fraction of sp³-hybridized carbons (Fsp3) is 0.778. The molecule has 0 aromatic rings. The highest BCUT2D eigenvalue weighted by Crippen LogP contribution is 2.38. The number of halogens is 1. The smallest absolute Gasteiger partial charge is 0.153 e. The molecule has 0 N–H and O–H groups in total. The molecule has 12 heavy (non-hydrogen) atoms. The van der Waals surface area contributed by atoms with E-state index in [2.05, 4.69) is 6.07 Å². The van der Waals surface area contributed by atoms with Crippen molar-refractivity contribution >= 4 is 17.4 Å². The van der Waals surface area contributed by atoms with Crippen LogP contribution in [-0.4, -0.2) is 11.7 Å². The number of alkyl halides is 1. The van der Waals surface area contributed by atoms with Gasteiger partial charge in [-0.15, -0.1) is 11.6 Å². The number of hydrogen-bond acceptors (Lipinski definition) is 2. The van der Waals surface area contributed by atoms with Crippen LogP contribution < -0.4 is 0 Å². The zero-order valence-corrected chi connectivity index (χ0v) is 7.73. The monoisotopic (exact) mass is 185 g/mol. The summed E-state index contributed by atoms with van der Waals surface area (Å²) >= 11 is 5.53. The van der Waals surface area contributed by atoms with Crippen LogP contribution in [-0.2, 0) is 4.79 Å². The molecule has 1 unspecified atom stereocenters. The maximum absolute atomic E-state index is 11.4. The average Bonchev–Trinajstić information content (AvgIpc) is 2.45. The van der Waals surface area contributed by atoms with Gasteiger partial charge in [0.25, 0.3) is 0 Å². The SMILES string of the molecule is N#CC1(CCCCl)CCCC1=O. The number of nitrogens with zero attached hydrogens (tertiary/aromatic N) is 1. The third-order valence-electron chi connectivity index (χ3n) is 2.49. The maximum atomic E-state index is 11.4. The van der Waals surface area contributed by atoms with Crippen LogP contribution in [0.5, 0.6) is 0 Å². The van der Waals surface area contributed by atoms with Gasteiger partial charge in [0.1, 0.15) is 5.41 Å². The summed E-state index contributed by atoms with van der Waals surface area (Å²) in [6.45, 7) is 0. The van der Waals surface area contributed by atoms with E-state index in [0.29, 0.717) is 18.7 Å². The minimum absolute atomic E-state index is 0.120. The van der Waals surface area contributed by atoms with Crippen molar-refractivity contribution in [3.63, 3.8) is 0 Å². The van der Waals surface area contributed by atoms with E-state index in [1.807, 2.05) is 0 Å². The molecule has 1 atom stereocenters. The number of carbonyl (C=O) groups excluding carboxylic acids is 1. The largest absolute Gasteiger partial charge is 0.298 e. The Morgan fingerprint density at radius 1 is 1.67 bits per heavy atom. The molecule has 1 aliphatic carbocycles. The lowest BCUT2D eigenvalue weighted by molar-refractivity contribution is -0.123. The van der Waals surface area contributed by atoms with Crippen LogP contribution in [0, 0.1) is 16.7 Å². The van der Waals surface area contributed by atoms with E-state index in [0.717, 1.165) is 19.3 Å². The Hall–Kier alpha value is -0.550. The Morgan fingerprint density at radius 3 is 2.83 bits per heavy atom. The Bertz CT molecular complexity index is 221. The third kappa shape index (κ3) is 1.61. The van der Waals surface area contributed by atoms with Gasteiger partial charge in [-0.1, -0.05) is 0 Å². The van der Waals surface area contributed by atoms with Crippen molar-refractivity contribution in [2.24, 2.45) is 5.41 Å². The molecular weight excluding hydrogens is 174 g/mol. The van der Waals surface area contributed by atoms with Crippen molar-refractivity contribution in [3.05, 3.63) is 0 Å². The number of nitriles is 1. The number of carbonyl (C=O) groups is 1. The summed E-state index contributed by atoms with van der Waals surface area (Å²) in [5.41, 5.74) is -0.672. The molecule has 1 aliphatic rings. The molecule has 0 heterocycles. The summed E-state index contributed by atoms with van der Waals surface area (Å²) < 4.78 is 0. The van der Waals surface area contributed by atoms with E-state index < -0.39 is 5.41 Å². The predicted octanol–water partition coefficient (Wildman–Crippen LogP) is 2.27. The highest BCUT2D eigenvalue weighted by atomic mass is 35.5. The predicted molar refractivity (Wildman–Crippen MR) is 46.9 cm³/mol. The minimum atomic E-state index is -0.672. The molecule has 0 aromatic heterocycles. The van der Waals surface area contributed by atoms with Crippen LogP contribution >= 0.6 is 11.6 Å². The van der Waals surface area contributed by atoms with Gasteiger partial charge in [0.15, 0.2) is 5.78 Å². The van der Waals surface area contributed by atoms with Gasteiger partial charge in [0.2, 0.25) is 0 Å². The second-order valence-corrected chi connectivity index (χ2v) is 3.64. The molecule has 1 fully saturated rings. The second-order valence-electron chi connectivity index (χ2n) is 3.26. The van der Waals surface area contributed by atoms with Crippen LogP contribution in [0.4, 0.5) is 0 Å². The lowest BCUT2D eigenvalue weighted by Crippen LogP contribution is -2.23. The van der Waals surface area contributed by atoms with Gasteiger partial charge in [0, 0.05) is 12.3 Å². The quantitative estimate of drug-likeness (QED) is 0.633. The Kier molecular flexibility index (Phi) is 3.11. The Morgan fingerprint density at radius 2 is 2.42 bits per heavy atom. The summed E-state index contributed by atoms with van der Waals surface area (Å²) in [5, 5.41) is 8.90. The van der Waals surface area contributed by atoms with Crippen LogP contribution in [0.1, 0.15) is 32.1 Å². The first-order chi connectivity index (χ1) is 5.75. The van der Waals surface area contributed by atoms with Crippen molar-refractivity contribution in [2.75, 3.05) is 5.88 Å². The average molecular weight is 186 g/mol. The molecule has 1 rings (SSSR count). The molecule has 0 aromatic carbocycles. The summed E-state index contributed by atoms with van der Waals surface area (Å²) in [6, 6.07) is 2.15. The van der Waals surface area contributed by atoms with E-state index in [9.17, 15) is 4.79 Å². The normalized spacial score (nSPS) is 28.8. The summed E-state index contributed by atoms with van der Waals surface area (Å²) in [6.07, 6.45) is 3.59. The molecule has 0 bridgehead atoms. The first kappa shape index (κ1) is 9.54. The van der Waals surface area contributed by atoms with Crippen molar-refractivity contribution in [1.82, 2.24) is 0 Å². The van der Waals surface area contributed by atoms with E-state index in [1.165, 1.54) is 0 Å². The van der Waals surface area contributed by atoms with Gasteiger partial charge < -0.3 is 0 Å². The lowest BCUT2D eigenvalue weighted by Gasteiger charge is -2.16. The fourth-order valence-electron chi connectivity index (χ4n) is 1.74. The molecular formula is C9H12ClNO. The summed E-state index contributed by atoms with van der Waals surface area (Å²) in [5.74, 6) is 0.659. The first-order valence-electron chi connectivity index (χ1n) is 4.26. The number of hydrogen-bond donors (Lipinski definition) is 0. The molecule has 0 spiro atoms. The minimum Gasteiger partial charge on any atom is -0.298 e. The Balaban J connectivity index is 2.63. The molecule has 0 amide bonds. The number of Topliss-reactive ketones (excluding diaryl/α,β-unsaturated/α-hetero) is 1. The topological polar surface area (TPSA) is 40.9 Å². The summed E-state index contributed by atoms with van der Waals surface area (Å²) in [4.78, 5) is 11.4. The molecule has 2 nitrogen and oxygen atoms in total. The molecule has 0 saturated heterocycles. The zero-order valence-electron chi connectivity index (χ0n) is 6.98. The van der Waals surface area contributed by atoms with Crippen LogP contribution in [0.25, 0.3) is 0 Å². The maximum Gasteiger partial charge on any atom is 0.153 e. The van der Waals surface area contributed by atoms with Crippen LogP contribution in [0.2, 0.25) is 0 Å². The van der Waals surface area contributed by atoms with Crippen molar-refractivity contribution in [1.29, 1.82) is 5.26 Å². The molecule has 66 valence electrons. The van der Waals surface area contributed by atoms with Crippen molar-refractivity contribution < 1.29 is 4.79 Å². The van der Waals surface area contributed by atoms with Gasteiger partial charge in [-0.2, -0.15) is 5.26 Å².